The predicted octanol–water partition coefficient (Wildman–Crippen LogP) is 3.26. The van der Waals surface area contributed by atoms with E-state index in [1.165, 1.54) is 0 Å². The highest BCUT2D eigenvalue weighted by atomic mass is 16.5. The minimum absolute atomic E-state index is 0.00144. The first kappa shape index (κ1) is 13.5. The van der Waals surface area contributed by atoms with E-state index in [0.29, 0.717) is 24.7 Å². The summed E-state index contributed by atoms with van der Waals surface area (Å²) in [5.74, 6) is 1.59. The van der Waals surface area contributed by atoms with E-state index in [9.17, 15) is 4.79 Å². The van der Waals surface area contributed by atoms with Gasteiger partial charge in [-0.3, -0.25) is 4.79 Å². The third-order valence-electron chi connectivity index (χ3n) is 7.14. The smallest absolute Gasteiger partial charge is 0.161 e. The van der Waals surface area contributed by atoms with Crippen LogP contribution in [0.5, 0.6) is 0 Å². The molecule has 4 bridgehead atoms. The molecule has 2 heterocycles. The number of hydrogen-bond donors (Lipinski definition) is 0. The molecule has 0 aromatic heterocycles. The Morgan fingerprint density at radius 2 is 2.24 bits per heavy atom. The fraction of sp³-hybridized carbons (Fsp3) is 0.778. The normalized spacial score (nSPS) is 56.6. The van der Waals surface area contributed by atoms with E-state index in [1.54, 1.807) is 0 Å². The van der Waals surface area contributed by atoms with Gasteiger partial charge in [-0.2, -0.15) is 5.26 Å². The quantitative estimate of drug-likeness (QED) is 0.782. The van der Waals surface area contributed by atoms with Crippen LogP contribution in [0.25, 0.3) is 0 Å². The van der Waals surface area contributed by atoms with Gasteiger partial charge in [-0.05, 0) is 49.5 Å². The lowest BCUT2D eigenvalue weighted by Gasteiger charge is -2.56. The number of hydrogen-bond acceptors (Lipinski definition) is 3. The van der Waals surface area contributed by atoms with Crippen molar-refractivity contribution in [3.05, 3.63) is 12.2 Å². The summed E-state index contributed by atoms with van der Waals surface area (Å²) in [7, 11) is 0. The molecule has 3 nitrogen and oxygen atoms in total. The molecule has 5 aliphatic rings. The summed E-state index contributed by atoms with van der Waals surface area (Å²) >= 11 is 0. The van der Waals surface area contributed by atoms with Crippen molar-refractivity contribution in [2.24, 2.45) is 28.6 Å². The molecule has 3 aliphatic carbocycles. The zero-order chi connectivity index (χ0) is 15.0. The van der Waals surface area contributed by atoms with Crippen LogP contribution in [-0.2, 0) is 9.53 Å². The van der Waals surface area contributed by atoms with E-state index in [2.05, 4.69) is 32.9 Å². The highest BCUT2D eigenvalue weighted by Crippen LogP contribution is 2.73. The lowest BCUT2D eigenvalue weighted by atomic mass is 9.50. The van der Waals surface area contributed by atoms with Crippen molar-refractivity contribution < 1.29 is 9.53 Å². The first-order valence-corrected chi connectivity index (χ1v) is 8.15. The summed E-state index contributed by atoms with van der Waals surface area (Å²) in [5.41, 5.74) is -0.297. The number of ether oxygens (including phenoxy) is 1. The van der Waals surface area contributed by atoms with E-state index < -0.39 is 5.41 Å². The Bertz CT molecular complexity index is 591. The Labute approximate surface area is 126 Å². The molecule has 5 rings (SSSR count). The fourth-order valence-corrected chi connectivity index (χ4v) is 6.34. The molecule has 0 amide bonds. The van der Waals surface area contributed by atoms with Crippen LogP contribution in [0.1, 0.15) is 46.5 Å². The summed E-state index contributed by atoms with van der Waals surface area (Å²) in [5, 5.41) is 8.98. The van der Waals surface area contributed by atoms with Gasteiger partial charge in [0.2, 0.25) is 0 Å². The van der Waals surface area contributed by atoms with E-state index in [0.717, 1.165) is 12.8 Å². The van der Waals surface area contributed by atoms with Crippen molar-refractivity contribution in [2.45, 2.75) is 58.2 Å². The van der Waals surface area contributed by atoms with Gasteiger partial charge in [-0.25, -0.2) is 0 Å². The summed E-state index contributed by atoms with van der Waals surface area (Å²) in [6.07, 6.45) is 7.50. The molecule has 1 spiro atoms. The van der Waals surface area contributed by atoms with Gasteiger partial charge in [0.25, 0.3) is 0 Å². The molecule has 3 heteroatoms. The van der Waals surface area contributed by atoms with Crippen molar-refractivity contribution in [2.75, 3.05) is 0 Å². The number of nitrogens with zero attached hydrogens (tertiary/aromatic N) is 1. The molecule has 2 saturated carbocycles. The number of nitriles is 1. The maximum absolute atomic E-state index is 12.6. The molecule has 112 valence electrons. The number of allylic oxidation sites excluding steroid dienone is 2. The molecule has 21 heavy (non-hydrogen) atoms. The Kier molecular flexibility index (Phi) is 2.44. The van der Waals surface area contributed by atoms with E-state index >= 15 is 0 Å². The monoisotopic (exact) mass is 285 g/mol. The van der Waals surface area contributed by atoms with Crippen LogP contribution in [0, 0.1) is 39.9 Å². The van der Waals surface area contributed by atoms with Gasteiger partial charge in [0.05, 0.1) is 17.8 Å². The van der Waals surface area contributed by atoms with Gasteiger partial charge in [0, 0.05) is 17.8 Å². The van der Waals surface area contributed by atoms with Crippen LogP contribution in [-0.4, -0.2) is 17.5 Å². The molecule has 5 unspecified atom stereocenters. The molecular weight excluding hydrogens is 262 g/mol. The zero-order valence-electron chi connectivity index (χ0n) is 13.1. The number of carbonyl (C=O) groups excluding carboxylic acids is 1. The third kappa shape index (κ3) is 1.40. The maximum atomic E-state index is 12.6. The highest BCUT2D eigenvalue weighted by molar-refractivity contribution is 5.96. The molecule has 0 radical (unpaired) electrons. The van der Waals surface area contributed by atoms with E-state index in [-0.39, 0.29) is 28.8 Å². The Morgan fingerprint density at radius 3 is 2.90 bits per heavy atom. The first-order valence-electron chi connectivity index (χ1n) is 8.15. The maximum Gasteiger partial charge on any atom is 0.161 e. The second-order valence-corrected chi connectivity index (χ2v) is 8.23. The Balaban J connectivity index is 1.83. The van der Waals surface area contributed by atoms with Crippen molar-refractivity contribution in [3.8, 4) is 6.07 Å². The number of rotatable bonds is 2. The molecular formula is C18H23NO2. The molecule has 2 aliphatic heterocycles. The summed E-state index contributed by atoms with van der Waals surface area (Å²) in [4.78, 5) is 12.6. The molecule has 0 aromatic carbocycles. The second kappa shape index (κ2) is 3.79. The summed E-state index contributed by atoms with van der Waals surface area (Å²) < 4.78 is 6.47. The van der Waals surface area contributed by atoms with Crippen LogP contribution in [0.4, 0.5) is 0 Å². The standard InChI is InChI=1S/C18H23NO2/c1-11-12-9-18-7-5-13(20)16(2,6-4-8-19)15(18)14(11)21-17(12,3)10-18/h5,7,11-12,14-15H,4,6,9-10H2,1-3H3/t11-,12?,14?,15?,16+,17?,18?/m0/s1. The van der Waals surface area contributed by atoms with Gasteiger partial charge in [-0.1, -0.05) is 19.9 Å². The van der Waals surface area contributed by atoms with E-state index in [1.807, 2.05) is 6.08 Å². The van der Waals surface area contributed by atoms with Crippen molar-refractivity contribution >= 4 is 5.78 Å². The topological polar surface area (TPSA) is 50.1 Å². The average Bonchev–Trinajstić information content (AvgIpc) is 2.77. The lowest BCUT2D eigenvalue weighted by Crippen LogP contribution is -2.57. The van der Waals surface area contributed by atoms with Crippen LogP contribution in [0.15, 0.2) is 12.2 Å². The Hall–Kier alpha value is -1.14. The van der Waals surface area contributed by atoms with Gasteiger partial charge in [0.1, 0.15) is 0 Å². The average molecular weight is 285 g/mol. The second-order valence-electron chi connectivity index (χ2n) is 8.23. The molecule has 0 aromatic rings. The zero-order valence-corrected chi connectivity index (χ0v) is 13.1. The third-order valence-corrected chi connectivity index (χ3v) is 7.14. The lowest BCUT2D eigenvalue weighted by molar-refractivity contribution is -0.174. The summed E-state index contributed by atoms with van der Waals surface area (Å²) in [6.45, 7) is 6.63. The van der Waals surface area contributed by atoms with Crippen molar-refractivity contribution in [3.63, 3.8) is 0 Å². The Morgan fingerprint density at radius 1 is 1.48 bits per heavy atom. The van der Waals surface area contributed by atoms with Crippen LogP contribution in [0.3, 0.4) is 0 Å². The van der Waals surface area contributed by atoms with Gasteiger partial charge in [-0.15, -0.1) is 0 Å². The molecule has 4 fully saturated rings. The van der Waals surface area contributed by atoms with Crippen molar-refractivity contribution in [1.29, 1.82) is 5.26 Å². The first-order chi connectivity index (χ1) is 9.86. The van der Waals surface area contributed by atoms with E-state index in [4.69, 9.17) is 10.00 Å². The number of ketones is 1. The minimum atomic E-state index is -0.431. The molecule has 0 N–H and O–H groups in total. The van der Waals surface area contributed by atoms with Gasteiger partial charge in [0.15, 0.2) is 5.78 Å². The predicted molar refractivity (Wildman–Crippen MR) is 78.2 cm³/mol. The van der Waals surface area contributed by atoms with Crippen LogP contribution in [0.2, 0.25) is 0 Å². The van der Waals surface area contributed by atoms with Crippen LogP contribution < -0.4 is 0 Å². The number of carbonyl (C=O) groups is 1. The van der Waals surface area contributed by atoms with Crippen LogP contribution >= 0.6 is 0 Å². The van der Waals surface area contributed by atoms with Gasteiger partial charge < -0.3 is 4.74 Å². The fourth-order valence-electron chi connectivity index (χ4n) is 6.34. The minimum Gasteiger partial charge on any atom is -0.371 e. The SMILES string of the molecule is C[C@@H]1C2OC3(C)CC4(C=CC(=O)[C@@](C)(CCC#N)C24)CC13. The largest absolute Gasteiger partial charge is 0.371 e. The van der Waals surface area contributed by atoms with Gasteiger partial charge >= 0.3 is 0 Å². The molecule has 7 atom stereocenters. The highest BCUT2D eigenvalue weighted by Gasteiger charge is 2.73. The molecule has 2 saturated heterocycles. The summed E-state index contributed by atoms with van der Waals surface area (Å²) in [6, 6.07) is 2.23. The van der Waals surface area contributed by atoms with Crippen molar-refractivity contribution in [1.82, 2.24) is 0 Å².